The molecule has 0 saturated heterocycles. The van der Waals surface area contributed by atoms with Crippen molar-refractivity contribution in [3.63, 3.8) is 0 Å². The minimum absolute atomic E-state index is 0.227. The van der Waals surface area contributed by atoms with Gasteiger partial charge in [0, 0.05) is 7.11 Å². The summed E-state index contributed by atoms with van der Waals surface area (Å²) in [5.41, 5.74) is 4.34. The summed E-state index contributed by atoms with van der Waals surface area (Å²) >= 11 is 0. The van der Waals surface area contributed by atoms with Crippen LogP contribution in [-0.4, -0.2) is 37.0 Å². The van der Waals surface area contributed by atoms with E-state index in [1.165, 1.54) is 16.0 Å². The lowest BCUT2D eigenvalue weighted by Gasteiger charge is -2.18. The van der Waals surface area contributed by atoms with Crippen molar-refractivity contribution in [2.24, 2.45) is 0 Å². The Hall–Kier alpha value is -2.20. The Bertz CT molecular complexity index is 668. The van der Waals surface area contributed by atoms with Crippen LogP contribution in [0.5, 0.6) is 0 Å². The van der Waals surface area contributed by atoms with Crippen molar-refractivity contribution in [2.45, 2.75) is 39.5 Å². The molecule has 1 aromatic rings. The van der Waals surface area contributed by atoms with Crippen molar-refractivity contribution in [1.82, 2.24) is 4.90 Å². The van der Waals surface area contributed by atoms with Crippen LogP contribution in [0.15, 0.2) is 47.6 Å². The summed E-state index contributed by atoms with van der Waals surface area (Å²) < 4.78 is 5.25. The predicted molar refractivity (Wildman–Crippen MR) is 99.7 cm³/mol. The summed E-state index contributed by atoms with van der Waals surface area (Å²) in [6.07, 6.45) is 3.92. The van der Waals surface area contributed by atoms with Gasteiger partial charge in [0.2, 0.25) is 0 Å². The molecule has 134 valence electrons. The molecule has 0 aromatic heterocycles. The Morgan fingerprint density at radius 3 is 2.28 bits per heavy atom. The van der Waals surface area contributed by atoms with Crippen molar-refractivity contribution in [3.8, 4) is 0 Å². The molecule has 25 heavy (non-hydrogen) atoms. The highest BCUT2D eigenvalue weighted by molar-refractivity contribution is 6.21. The van der Waals surface area contributed by atoms with Crippen LogP contribution in [0, 0.1) is 0 Å². The average Bonchev–Trinajstić information content (AvgIpc) is 2.84. The lowest BCUT2D eigenvalue weighted by Crippen LogP contribution is -2.31. The molecule has 0 atom stereocenters. The molecule has 1 aliphatic rings. The fourth-order valence-electron chi connectivity index (χ4n) is 3.13. The Balaban J connectivity index is 2.08. The minimum atomic E-state index is -0.227. The van der Waals surface area contributed by atoms with Gasteiger partial charge in [-0.2, -0.15) is 0 Å². The van der Waals surface area contributed by atoms with Gasteiger partial charge in [-0.15, -0.1) is 0 Å². The average molecular weight is 341 g/mol. The number of nitrogens with zero attached hydrogens (tertiary/aromatic N) is 1. The van der Waals surface area contributed by atoms with Gasteiger partial charge in [0.1, 0.15) is 0 Å². The lowest BCUT2D eigenvalue weighted by molar-refractivity contribution is 0.0667. The van der Waals surface area contributed by atoms with Gasteiger partial charge in [0.15, 0.2) is 0 Å². The molecule has 4 nitrogen and oxygen atoms in total. The van der Waals surface area contributed by atoms with Crippen LogP contribution in [0.25, 0.3) is 0 Å². The number of fused-ring (bicyclic) bond motifs is 1. The molecule has 0 saturated carbocycles. The van der Waals surface area contributed by atoms with Crippen LogP contribution in [0.4, 0.5) is 0 Å². The van der Waals surface area contributed by atoms with Crippen LogP contribution in [-0.2, 0) is 4.74 Å². The van der Waals surface area contributed by atoms with Gasteiger partial charge in [0.05, 0.1) is 24.3 Å². The van der Waals surface area contributed by atoms with E-state index in [9.17, 15) is 9.59 Å². The third kappa shape index (κ3) is 4.45. The normalized spacial score (nSPS) is 14.6. The highest BCUT2D eigenvalue weighted by atomic mass is 16.5. The Morgan fingerprint density at radius 1 is 1.16 bits per heavy atom. The molecule has 0 aliphatic carbocycles. The Morgan fingerprint density at radius 2 is 1.76 bits per heavy atom. The SMILES string of the molecule is C=C(C/C(CCCC)=C(\C)COC)CN1C(=O)c2ccccc2C1=O. The summed E-state index contributed by atoms with van der Waals surface area (Å²) in [4.78, 5) is 26.2. The van der Waals surface area contributed by atoms with Gasteiger partial charge < -0.3 is 4.74 Å². The van der Waals surface area contributed by atoms with E-state index in [0.29, 0.717) is 24.2 Å². The zero-order valence-electron chi connectivity index (χ0n) is 15.4. The van der Waals surface area contributed by atoms with Gasteiger partial charge in [-0.05, 0) is 43.9 Å². The fourth-order valence-corrected chi connectivity index (χ4v) is 3.13. The molecule has 1 aliphatic heterocycles. The third-order valence-electron chi connectivity index (χ3n) is 4.52. The number of hydrogen-bond acceptors (Lipinski definition) is 3. The number of allylic oxidation sites excluding steroid dienone is 1. The topological polar surface area (TPSA) is 46.6 Å². The maximum Gasteiger partial charge on any atom is 0.261 e. The van der Waals surface area contributed by atoms with E-state index >= 15 is 0 Å². The number of carbonyl (C=O) groups excluding carboxylic acids is 2. The minimum Gasteiger partial charge on any atom is -0.380 e. The van der Waals surface area contributed by atoms with Gasteiger partial charge in [-0.3, -0.25) is 14.5 Å². The first-order chi connectivity index (χ1) is 12.0. The van der Waals surface area contributed by atoms with Crippen molar-refractivity contribution in [3.05, 3.63) is 58.7 Å². The molecule has 0 unspecified atom stereocenters. The van der Waals surface area contributed by atoms with E-state index in [0.717, 1.165) is 24.8 Å². The maximum atomic E-state index is 12.5. The highest BCUT2D eigenvalue weighted by Gasteiger charge is 2.35. The number of benzene rings is 1. The van der Waals surface area contributed by atoms with Crippen molar-refractivity contribution in [1.29, 1.82) is 0 Å². The van der Waals surface area contributed by atoms with Crippen LogP contribution in [0.2, 0.25) is 0 Å². The zero-order valence-corrected chi connectivity index (χ0v) is 15.4. The number of hydrogen-bond donors (Lipinski definition) is 0. The standard InChI is InChI=1S/C21H27NO3/c1-5-6-9-17(16(3)14-25-4)12-15(2)13-22-20(23)18-10-7-8-11-19(18)21(22)24/h7-8,10-11H,2,5-6,9,12-14H2,1,3-4H3/b17-16+. The Labute approximate surface area is 150 Å². The van der Waals surface area contributed by atoms with Crippen molar-refractivity contribution < 1.29 is 14.3 Å². The molecule has 1 aromatic carbocycles. The number of amides is 2. The number of imide groups is 1. The molecular formula is C21H27NO3. The molecular weight excluding hydrogens is 314 g/mol. The second-order valence-corrected chi connectivity index (χ2v) is 6.59. The number of ether oxygens (including phenoxy) is 1. The van der Waals surface area contributed by atoms with E-state index in [1.807, 2.05) is 0 Å². The molecule has 0 radical (unpaired) electrons. The van der Waals surface area contributed by atoms with Crippen LogP contribution < -0.4 is 0 Å². The summed E-state index contributed by atoms with van der Waals surface area (Å²) in [5.74, 6) is -0.455. The van der Waals surface area contributed by atoms with Gasteiger partial charge in [-0.1, -0.05) is 43.2 Å². The quantitative estimate of drug-likeness (QED) is 0.494. The Kier molecular flexibility index (Phi) is 6.71. The van der Waals surface area contributed by atoms with Crippen molar-refractivity contribution in [2.75, 3.05) is 20.3 Å². The van der Waals surface area contributed by atoms with Gasteiger partial charge in [0.25, 0.3) is 11.8 Å². The van der Waals surface area contributed by atoms with Crippen LogP contribution in [0.3, 0.4) is 0 Å². The number of methoxy groups -OCH3 is 1. The number of rotatable bonds is 9. The van der Waals surface area contributed by atoms with E-state index in [1.54, 1.807) is 31.4 Å². The van der Waals surface area contributed by atoms with Gasteiger partial charge in [-0.25, -0.2) is 0 Å². The summed E-state index contributed by atoms with van der Waals surface area (Å²) in [5, 5.41) is 0. The molecule has 2 amide bonds. The van der Waals surface area contributed by atoms with Gasteiger partial charge >= 0.3 is 0 Å². The number of unbranched alkanes of at least 4 members (excludes halogenated alkanes) is 1. The first-order valence-corrected chi connectivity index (χ1v) is 8.77. The number of carbonyl (C=O) groups is 2. The van der Waals surface area contributed by atoms with E-state index in [-0.39, 0.29) is 18.4 Å². The first kappa shape index (κ1) is 19.1. The third-order valence-corrected chi connectivity index (χ3v) is 4.52. The predicted octanol–water partition coefficient (Wildman–Crippen LogP) is 4.38. The second-order valence-electron chi connectivity index (χ2n) is 6.59. The lowest BCUT2D eigenvalue weighted by atomic mass is 9.96. The van der Waals surface area contributed by atoms with E-state index in [2.05, 4.69) is 20.4 Å². The monoisotopic (exact) mass is 341 g/mol. The molecule has 4 heteroatoms. The molecule has 0 fully saturated rings. The van der Waals surface area contributed by atoms with Crippen LogP contribution >= 0.6 is 0 Å². The molecule has 0 spiro atoms. The summed E-state index contributed by atoms with van der Waals surface area (Å²) in [7, 11) is 1.69. The molecule has 0 bridgehead atoms. The second kappa shape index (κ2) is 8.77. The fraction of sp³-hybridized carbons (Fsp3) is 0.429. The van der Waals surface area contributed by atoms with Crippen LogP contribution in [0.1, 0.15) is 60.2 Å². The van der Waals surface area contributed by atoms with E-state index < -0.39 is 0 Å². The maximum absolute atomic E-state index is 12.5. The largest absolute Gasteiger partial charge is 0.380 e. The molecule has 2 rings (SSSR count). The zero-order chi connectivity index (χ0) is 18.4. The smallest absolute Gasteiger partial charge is 0.261 e. The van der Waals surface area contributed by atoms with E-state index in [4.69, 9.17) is 4.74 Å². The summed E-state index contributed by atoms with van der Waals surface area (Å²) in [6.45, 7) is 9.22. The molecule has 1 heterocycles. The molecule has 0 N–H and O–H groups in total. The first-order valence-electron chi connectivity index (χ1n) is 8.77. The highest BCUT2D eigenvalue weighted by Crippen LogP contribution is 2.26. The summed E-state index contributed by atoms with van der Waals surface area (Å²) in [6, 6.07) is 6.96. The van der Waals surface area contributed by atoms with Crippen molar-refractivity contribution >= 4 is 11.8 Å².